The van der Waals surface area contributed by atoms with Crippen molar-refractivity contribution in [3.63, 3.8) is 0 Å². The van der Waals surface area contributed by atoms with Crippen molar-refractivity contribution in [2.24, 2.45) is 5.92 Å². The van der Waals surface area contributed by atoms with Crippen LogP contribution in [0.5, 0.6) is 0 Å². The molecule has 7 heteroatoms. The van der Waals surface area contributed by atoms with E-state index in [4.69, 9.17) is 34.8 Å². The Morgan fingerprint density at radius 1 is 1.26 bits per heavy atom. The minimum Gasteiger partial charge on any atom is -0.322 e. The summed E-state index contributed by atoms with van der Waals surface area (Å²) in [6, 6.07) is 3.49. The van der Waals surface area contributed by atoms with Crippen molar-refractivity contribution in [1.29, 1.82) is 0 Å². The Balaban J connectivity index is 2.04. The number of amides is 1. The van der Waals surface area contributed by atoms with Gasteiger partial charge in [0, 0.05) is 30.7 Å². The summed E-state index contributed by atoms with van der Waals surface area (Å²) in [7, 11) is 2.11. The van der Waals surface area contributed by atoms with Gasteiger partial charge in [-0.05, 0) is 25.1 Å². The van der Waals surface area contributed by atoms with Gasteiger partial charge in [-0.2, -0.15) is 0 Å². The molecular formula is C16H22Cl3N3O. The monoisotopic (exact) mass is 377 g/mol. The summed E-state index contributed by atoms with van der Waals surface area (Å²) in [4.78, 5) is 16.9. The van der Waals surface area contributed by atoms with E-state index in [2.05, 4.69) is 36.0 Å². The van der Waals surface area contributed by atoms with Crippen LogP contribution in [0.25, 0.3) is 0 Å². The topological polar surface area (TPSA) is 35.6 Å². The average molecular weight is 379 g/mol. The van der Waals surface area contributed by atoms with Crippen molar-refractivity contribution >= 4 is 46.4 Å². The van der Waals surface area contributed by atoms with Crippen LogP contribution < -0.4 is 5.32 Å². The second-order valence-corrected chi connectivity index (χ2v) is 7.59. The van der Waals surface area contributed by atoms with Crippen LogP contribution in [0, 0.1) is 5.92 Å². The number of piperazine rings is 1. The minimum atomic E-state index is -0.119. The standard InChI is InChI=1S/C16H22Cl3N3O/c1-10(2)14-8-21(3)4-5-22(14)9-15(23)20-16-12(18)6-11(17)7-13(16)19/h6-7,10,14H,4-5,8-9H2,1-3H3,(H,20,23). The summed E-state index contributed by atoms with van der Waals surface area (Å²) in [5, 5.41) is 3.93. The second-order valence-electron chi connectivity index (χ2n) is 6.34. The van der Waals surface area contributed by atoms with Gasteiger partial charge >= 0.3 is 0 Å². The highest BCUT2D eigenvalue weighted by Crippen LogP contribution is 2.33. The van der Waals surface area contributed by atoms with Gasteiger partial charge in [0.15, 0.2) is 0 Å². The Hall–Kier alpha value is -0.520. The molecule has 1 heterocycles. The van der Waals surface area contributed by atoms with Crippen molar-refractivity contribution in [3.8, 4) is 0 Å². The van der Waals surface area contributed by atoms with Crippen molar-refractivity contribution in [3.05, 3.63) is 27.2 Å². The van der Waals surface area contributed by atoms with Gasteiger partial charge in [0.05, 0.1) is 22.3 Å². The van der Waals surface area contributed by atoms with Gasteiger partial charge in [-0.25, -0.2) is 0 Å². The van der Waals surface area contributed by atoms with E-state index in [9.17, 15) is 4.79 Å². The number of halogens is 3. The maximum absolute atomic E-state index is 12.4. The fraction of sp³-hybridized carbons (Fsp3) is 0.562. The first-order chi connectivity index (χ1) is 10.8. The molecule has 0 bridgehead atoms. The molecule has 1 fully saturated rings. The Bertz CT molecular complexity index is 557. The first-order valence-corrected chi connectivity index (χ1v) is 8.78. The second kappa shape index (κ2) is 8.04. The van der Waals surface area contributed by atoms with Crippen molar-refractivity contribution in [1.82, 2.24) is 9.80 Å². The highest BCUT2D eigenvalue weighted by atomic mass is 35.5. The van der Waals surface area contributed by atoms with E-state index in [0.29, 0.717) is 39.3 Å². The lowest BCUT2D eigenvalue weighted by Crippen LogP contribution is -2.55. The number of carbonyl (C=O) groups is 1. The van der Waals surface area contributed by atoms with Crippen molar-refractivity contribution < 1.29 is 4.79 Å². The number of rotatable bonds is 4. The number of anilines is 1. The normalized spacial score (nSPS) is 20.0. The molecule has 23 heavy (non-hydrogen) atoms. The van der Waals surface area contributed by atoms with Crippen LogP contribution in [0.15, 0.2) is 12.1 Å². The summed E-state index contributed by atoms with van der Waals surface area (Å²) in [5.74, 6) is 0.361. The minimum absolute atomic E-state index is 0.119. The first kappa shape index (κ1) is 18.8. The molecule has 1 N–H and O–H groups in total. The SMILES string of the molecule is CC(C)C1CN(C)CCN1CC(=O)Nc1c(Cl)cc(Cl)cc1Cl. The van der Waals surface area contributed by atoms with E-state index < -0.39 is 0 Å². The fourth-order valence-corrected chi connectivity index (χ4v) is 3.76. The molecule has 0 aliphatic carbocycles. The predicted octanol–water partition coefficient (Wildman–Crippen LogP) is 3.86. The smallest absolute Gasteiger partial charge is 0.238 e. The molecule has 4 nitrogen and oxygen atoms in total. The molecule has 1 aliphatic rings. The zero-order valence-electron chi connectivity index (χ0n) is 13.6. The Labute approximate surface area is 152 Å². The maximum atomic E-state index is 12.4. The lowest BCUT2D eigenvalue weighted by Gasteiger charge is -2.41. The lowest BCUT2D eigenvalue weighted by atomic mass is 10.00. The van der Waals surface area contributed by atoms with Gasteiger partial charge in [0.25, 0.3) is 0 Å². The molecule has 1 atom stereocenters. The Morgan fingerprint density at radius 2 is 1.87 bits per heavy atom. The molecule has 1 saturated heterocycles. The summed E-state index contributed by atoms with van der Waals surface area (Å²) in [6.45, 7) is 7.48. The molecule has 1 aliphatic heterocycles. The highest BCUT2D eigenvalue weighted by molar-refractivity contribution is 6.42. The summed E-state index contributed by atoms with van der Waals surface area (Å²) < 4.78 is 0. The summed E-state index contributed by atoms with van der Waals surface area (Å²) in [6.07, 6.45) is 0. The molecular weight excluding hydrogens is 357 g/mol. The number of benzene rings is 1. The van der Waals surface area contributed by atoms with Crippen LogP contribution >= 0.6 is 34.8 Å². The first-order valence-electron chi connectivity index (χ1n) is 7.65. The van der Waals surface area contributed by atoms with Crippen LogP contribution in [-0.2, 0) is 4.79 Å². The zero-order chi connectivity index (χ0) is 17.1. The lowest BCUT2D eigenvalue weighted by molar-refractivity contribution is -0.118. The van der Waals surface area contributed by atoms with Crippen LogP contribution in [0.1, 0.15) is 13.8 Å². The van der Waals surface area contributed by atoms with Gasteiger partial charge in [0.1, 0.15) is 0 Å². The highest BCUT2D eigenvalue weighted by Gasteiger charge is 2.29. The van der Waals surface area contributed by atoms with E-state index in [-0.39, 0.29) is 5.91 Å². The Morgan fingerprint density at radius 3 is 2.43 bits per heavy atom. The average Bonchev–Trinajstić information content (AvgIpc) is 2.44. The molecule has 0 saturated carbocycles. The predicted molar refractivity (Wildman–Crippen MR) is 97.8 cm³/mol. The van der Waals surface area contributed by atoms with Crippen molar-refractivity contribution in [2.75, 3.05) is 38.5 Å². The molecule has 1 amide bonds. The zero-order valence-corrected chi connectivity index (χ0v) is 15.8. The van der Waals surface area contributed by atoms with Gasteiger partial charge in [-0.15, -0.1) is 0 Å². The van der Waals surface area contributed by atoms with Gasteiger partial charge in [-0.3, -0.25) is 9.69 Å². The van der Waals surface area contributed by atoms with Gasteiger partial charge < -0.3 is 10.2 Å². The molecule has 0 radical (unpaired) electrons. The van der Waals surface area contributed by atoms with Crippen LogP contribution in [0.2, 0.25) is 15.1 Å². The van der Waals surface area contributed by atoms with E-state index in [1.54, 1.807) is 12.1 Å². The maximum Gasteiger partial charge on any atom is 0.238 e. The summed E-state index contributed by atoms with van der Waals surface area (Å²) >= 11 is 18.1. The van der Waals surface area contributed by atoms with Crippen LogP contribution in [0.3, 0.4) is 0 Å². The quantitative estimate of drug-likeness (QED) is 0.864. The Kier molecular flexibility index (Phi) is 6.57. The third-order valence-corrected chi connectivity index (χ3v) is 4.94. The van der Waals surface area contributed by atoms with Crippen LogP contribution in [-0.4, -0.2) is 55.0 Å². The van der Waals surface area contributed by atoms with Gasteiger partial charge in [-0.1, -0.05) is 48.7 Å². The van der Waals surface area contributed by atoms with Crippen LogP contribution in [0.4, 0.5) is 5.69 Å². The van der Waals surface area contributed by atoms with E-state index in [1.165, 1.54) is 0 Å². The third-order valence-electron chi connectivity index (χ3n) is 4.12. The molecule has 0 spiro atoms. The molecule has 1 aromatic carbocycles. The number of carbonyl (C=O) groups excluding carboxylic acids is 1. The fourth-order valence-electron chi connectivity index (χ4n) is 2.84. The molecule has 2 rings (SSSR count). The van der Waals surface area contributed by atoms with E-state index >= 15 is 0 Å². The largest absolute Gasteiger partial charge is 0.322 e. The van der Waals surface area contributed by atoms with Gasteiger partial charge in [0.2, 0.25) is 5.91 Å². The number of likely N-dealkylation sites (N-methyl/N-ethyl adjacent to an activating group) is 1. The van der Waals surface area contributed by atoms with E-state index in [1.807, 2.05) is 0 Å². The number of hydrogen-bond donors (Lipinski definition) is 1. The molecule has 128 valence electrons. The summed E-state index contributed by atoms with van der Waals surface area (Å²) in [5.41, 5.74) is 0.415. The molecule has 0 aromatic heterocycles. The third kappa shape index (κ3) is 4.97. The number of nitrogens with one attached hydrogen (secondary N) is 1. The van der Waals surface area contributed by atoms with Crippen molar-refractivity contribution in [2.45, 2.75) is 19.9 Å². The van der Waals surface area contributed by atoms with E-state index in [0.717, 1.165) is 19.6 Å². The number of nitrogens with zero attached hydrogens (tertiary/aromatic N) is 2. The molecule has 1 aromatic rings. The number of hydrogen-bond acceptors (Lipinski definition) is 3. The molecule has 1 unspecified atom stereocenters.